The van der Waals surface area contributed by atoms with E-state index in [2.05, 4.69) is 24.2 Å². The third-order valence-corrected chi connectivity index (χ3v) is 4.27. The second-order valence-corrected chi connectivity index (χ2v) is 5.80. The van der Waals surface area contributed by atoms with Crippen molar-refractivity contribution in [2.45, 2.75) is 20.0 Å². The maximum atomic E-state index is 8.62. The molecule has 0 fully saturated rings. The molecule has 0 aliphatic carbocycles. The lowest BCUT2D eigenvalue weighted by atomic mass is 10.2. The van der Waals surface area contributed by atoms with Crippen LogP contribution in [0.2, 0.25) is 5.02 Å². The van der Waals surface area contributed by atoms with E-state index in [1.807, 2.05) is 0 Å². The molecule has 106 valence electrons. The molecule has 1 aromatic heterocycles. The van der Waals surface area contributed by atoms with Crippen molar-refractivity contribution in [3.05, 3.63) is 50.7 Å². The van der Waals surface area contributed by atoms with Crippen LogP contribution in [0.5, 0.6) is 5.75 Å². The fraction of sp³-hybridized carbons (Fsp3) is 0.214. The molecule has 2 rings (SSSR count). The zero-order valence-electron chi connectivity index (χ0n) is 11.0. The molecule has 0 aliphatic rings. The van der Waals surface area contributed by atoms with Gasteiger partial charge in [0.2, 0.25) is 0 Å². The Morgan fingerprint density at radius 3 is 2.70 bits per heavy atom. The van der Waals surface area contributed by atoms with Gasteiger partial charge < -0.3 is 15.7 Å². The van der Waals surface area contributed by atoms with Crippen molar-refractivity contribution in [1.29, 1.82) is 0 Å². The van der Waals surface area contributed by atoms with E-state index < -0.39 is 0 Å². The lowest BCUT2D eigenvalue weighted by Crippen LogP contribution is -2.12. The van der Waals surface area contributed by atoms with Crippen molar-refractivity contribution in [2.75, 3.05) is 0 Å². The van der Waals surface area contributed by atoms with E-state index >= 15 is 0 Å². The van der Waals surface area contributed by atoms with E-state index in [1.54, 1.807) is 29.5 Å². The average molecular weight is 311 g/mol. The number of thiophene rings is 1. The van der Waals surface area contributed by atoms with Crippen molar-refractivity contribution in [3.8, 4) is 5.75 Å². The van der Waals surface area contributed by atoms with Crippen molar-refractivity contribution in [2.24, 2.45) is 10.9 Å². The van der Waals surface area contributed by atoms with E-state index in [0.717, 1.165) is 11.3 Å². The summed E-state index contributed by atoms with van der Waals surface area (Å²) < 4.78 is 5.68. The summed E-state index contributed by atoms with van der Waals surface area (Å²) in [6.45, 7) is 2.60. The lowest BCUT2D eigenvalue weighted by Gasteiger charge is -2.08. The van der Waals surface area contributed by atoms with E-state index in [-0.39, 0.29) is 5.84 Å². The van der Waals surface area contributed by atoms with Crippen LogP contribution >= 0.6 is 22.9 Å². The number of benzene rings is 1. The van der Waals surface area contributed by atoms with Crippen molar-refractivity contribution in [3.63, 3.8) is 0 Å². The summed E-state index contributed by atoms with van der Waals surface area (Å²) in [6.07, 6.45) is 1.03. The molecule has 4 nitrogen and oxygen atoms in total. The van der Waals surface area contributed by atoms with E-state index in [4.69, 9.17) is 27.3 Å². The fourth-order valence-corrected chi connectivity index (χ4v) is 2.78. The van der Waals surface area contributed by atoms with Gasteiger partial charge in [-0.15, -0.1) is 11.3 Å². The number of rotatable bonds is 5. The maximum absolute atomic E-state index is 8.62. The van der Waals surface area contributed by atoms with Crippen LogP contribution in [0.1, 0.15) is 22.2 Å². The molecule has 6 heteroatoms. The standard InChI is InChI=1S/C14H15ClN2O2S/c1-2-10-4-5-11(20-10)8-19-13-6-3-9(7-12(13)15)14(16)17-18/h3-7,18H,2,8H2,1H3,(H2,16,17). The van der Waals surface area contributed by atoms with Gasteiger partial charge in [-0.2, -0.15) is 0 Å². The first-order valence-electron chi connectivity index (χ1n) is 6.12. The zero-order valence-corrected chi connectivity index (χ0v) is 12.5. The van der Waals surface area contributed by atoms with Gasteiger partial charge in [0.05, 0.1) is 5.02 Å². The molecule has 20 heavy (non-hydrogen) atoms. The zero-order chi connectivity index (χ0) is 14.5. The number of oxime groups is 1. The molecule has 0 bridgehead atoms. The molecule has 0 saturated heterocycles. The minimum absolute atomic E-state index is 0.0179. The minimum atomic E-state index is 0.0179. The predicted molar refractivity (Wildman–Crippen MR) is 82.0 cm³/mol. The first-order chi connectivity index (χ1) is 9.63. The molecule has 2 aromatic rings. The van der Waals surface area contributed by atoms with E-state index in [1.165, 1.54) is 4.88 Å². The molecule has 0 radical (unpaired) electrons. The quantitative estimate of drug-likeness (QED) is 0.383. The summed E-state index contributed by atoms with van der Waals surface area (Å²) in [7, 11) is 0. The maximum Gasteiger partial charge on any atom is 0.170 e. The summed E-state index contributed by atoms with van der Waals surface area (Å²) in [5, 5.41) is 12.0. The Kier molecular flexibility index (Phi) is 4.87. The highest BCUT2D eigenvalue weighted by molar-refractivity contribution is 7.11. The number of hydrogen-bond acceptors (Lipinski definition) is 4. The minimum Gasteiger partial charge on any atom is -0.487 e. The molecule has 0 spiro atoms. The van der Waals surface area contributed by atoms with Crippen LogP contribution in [-0.4, -0.2) is 11.0 Å². The molecule has 0 aliphatic heterocycles. The van der Waals surface area contributed by atoms with Crippen molar-refractivity contribution in [1.82, 2.24) is 0 Å². The van der Waals surface area contributed by atoms with Crippen LogP contribution in [0.3, 0.4) is 0 Å². The molecule has 0 saturated carbocycles. The van der Waals surface area contributed by atoms with Crippen LogP contribution in [0.4, 0.5) is 0 Å². The number of nitrogens with two attached hydrogens (primary N) is 1. The highest BCUT2D eigenvalue weighted by Crippen LogP contribution is 2.27. The molecular weight excluding hydrogens is 296 g/mol. The number of aryl methyl sites for hydroxylation is 1. The van der Waals surface area contributed by atoms with Gasteiger partial charge in [0.25, 0.3) is 0 Å². The summed E-state index contributed by atoms with van der Waals surface area (Å²) in [5.74, 6) is 0.594. The predicted octanol–water partition coefficient (Wildman–Crippen LogP) is 3.64. The average Bonchev–Trinajstić information content (AvgIpc) is 2.93. The van der Waals surface area contributed by atoms with Gasteiger partial charge in [-0.1, -0.05) is 23.7 Å². The third kappa shape index (κ3) is 3.43. The van der Waals surface area contributed by atoms with E-state index in [0.29, 0.717) is 22.9 Å². The number of ether oxygens (including phenoxy) is 1. The molecule has 0 atom stereocenters. The second kappa shape index (κ2) is 6.63. The topological polar surface area (TPSA) is 67.8 Å². The van der Waals surface area contributed by atoms with Gasteiger partial charge in [0.1, 0.15) is 12.4 Å². The Labute approximate surface area is 126 Å². The number of amidine groups is 1. The smallest absolute Gasteiger partial charge is 0.170 e. The van der Waals surface area contributed by atoms with Crippen molar-refractivity contribution >= 4 is 28.8 Å². The Balaban J connectivity index is 2.06. The summed E-state index contributed by atoms with van der Waals surface area (Å²) in [4.78, 5) is 2.48. The highest BCUT2D eigenvalue weighted by Gasteiger charge is 2.07. The Hall–Kier alpha value is -1.72. The van der Waals surface area contributed by atoms with E-state index in [9.17, 15) is 0 Å². The molecular formula is C14H15ClN2O2S. The van der Waals surface area contributed by atoms with Crippen LogP contribution in [0.15, 0.2) is 35.5 Å². The Morgan fingerprint density at radius 1 is 1.35 bits per heavy atom. The first kappa shape index (κ1) is 14.7. The Bertz CT molecular complexity index is 625. The highest BCUT2D eigenvalue weighted by atomic mass is 35.5. The summed E-state index contributed by atoms with van der Waals surface area (Å²) in [5.41, 5.74) is 6.05. The van der Waals surface area contributed by atoms with Gasteiger partial charge in [-0.05, 0) is 36.8 Å². The molecule has 0 amide bonds. The first-order valence-corrected chi connectivity index (χ1v) is 7.31. The van der Waals surface area contributed by atoms with Crippen LogP contribution in [0.25, 0.3) is 0 Å². The van der Waals surface area contributed by atoms with Gasteiger partial charge in [-0.25, -0.2) is 0 Å². The SMILES string of the molecule is CCc1ccc(COc2ccc(C(N)=NO)cc2Cl)s1. The molecule has 1 aromatic carbocycles. The van der Waals surface area contributed by atoms with Crippen LogP contribution < -0.4 is 10.5 Å². The molecule has 1 heterocycles. The van der Waals surface area contributed by atoms with Crippen molar-refractivity contribution < 1.29 is 9.94 Å². The lowest BCUT2D eigenvalue weighted by molar-refractivity contribution is 0.310. The van der Waals surface area contributed by atoms with Crippen LogP contribution in [-0.2, 0) is 13.0 Å². The Morgan fingerprint density at radius 2 is 2.10 bits per heavy atom. The monoisotopic (exact) mass is 310 g/mol. The fourth-order valence-electron chi connectivity index (χ4n) is 1.67. The van der Waals surface area contributed by atoms with Gasteiger partial charge in [0, 0.05) is 15.3 Å². The number of hydrogen-bond donors (Lipinski definition) is 2. The van der Waals surface area contributed by atoms with Gasteiger partial charge in [-0.3, -0.25) is 0 Å². The molecule has 3 N–H and O–H groups in total. The number of halogens is 1. The third-order valence-electron chi connectivity index (χ3n) is 2.77. The molecule has 0 unspecified atom stereocenters. The normalized spacial score (nSPS) is 11.6. The number of nitrogens with zero attached hydrogens (tertiary/aromatic N) is 1. The van der Waals surface area contributed by atoms with Crippen LogP contribution in [0, 0.1) is 0 Å². The van der Waals surface area contributed by atoms with Gasteiger partial charge in [0.15, 0.2) is 5.84 Å². The summed E-state index contributed by atoms with van der Waals surface area (Å²) >= 11 is 7.84. The second-order valence-electron chi connectivity index (χ2n) is 4.14. The largest absolute Gasteiger partial charge is 0.487 e. The van der Waals surface area contributed by atoms with Gasteiger partial charge >= 0.3 is 0 Å². The summed E-state index contributed by atoms with van der Waals surface area (Å²) in [6, 6.07) is 9.18.